The number of aromatic amines is 1. The van der Waals surface area contributed by atoms with E-state index in [-0.39, 0.29) is 17.4 Å². The summed E-state index contributed by atoms with van der Waals surface area (Å²) < 4.78 is 13.5. The third-order valence-electron chi connectivity index (χ3n) is 2.17. The topological polar surface area (TPSA) is 99.8 Å². The van der Waals surface area contributed by atoms with Crippen LogP contribution in [0.4, 0.5) is 15.8 Å². The molecular weight excluding hydrogens is 253 g/mol. The summed E-state index contributed by atoms with van der Waals surface area (Å²) in [6, 6.07) is 3.84. The highest BCUT2D eigenvalue weighted by molar-refractivity contribution is 6.02. The predicted molar refractivity (Wildman–Crippen MR) is 65.0 cm³/mol. The fourth-order valence-corrected chi connectivity index (χ4v) is 1.40. The van der Waals surface area contributed by atoms with Gasteiger partial charge in [0, 0.05) is 12.6 Å². The molecule has 8 heteroatoms. The maximum absolute atomic E-state index is 13.5. The van der Waals surface area contributed by atoms with Gasteiger partial charge >= 0.3 is 0 Å². The summed E-state index contributed by atoms with van der Waals surface area (Å²) in [7, 11) is 0. The van der Waals surface area contributed by atoms with Crippen molar-refractivity contribution in [3.05, 3.63) is 36.2 Å². The molecular formula is C11H10FN5O2. The standard InChI is InChI=1S/C11H10FN5O2/c1-6(18)15-7-2-3-8(12)9(4-7)16-11(19)10-13-5-14-17-10/h2-5H,1H3,(H,15,18)(H,16,19)(H,13,14,17). The van der Waals surface area contributed by atoms with Crippen LogP contribution in [-0.4, -0.2) is 27.0 Å². The van der Waals surface area contributed by atoms with E-state index in [0.717, 1.165) is 6.07 Å². The van der Waals surface area contributed by atoms with Gasteiger partial charge < -0.3 is 10.6 Å². The smallest absolute Gasteiger partial charge is 0.293 e. The third-order valence-corrected chi connectivity index (χ3v) is 2.17. The average Bonchev–Trinajstić information content (AvgIpc) is 2.86. The summed E-state index contributed by atoms with van der Waals surface area (Å²) in [5, 5.41) is 10.7. The number of nitrogens with zero attached hydrogens (tertiary/aromatic N) is 2. The van der Waals surface area contributed by atoms with Gasteiger partial charge in [-0.05, 0) is 18.2 Å². The van der Waals surface area contributed by atoms with E-state index in [4.69, 9.17) is 0 Å². The number of benzene rings is 1. The van der Waals surface area contributed by atoms with Crippen molar-refractivity contribution >= 4 is 23.2 Å². The van der Waals surface area contributed by atoms with E-state index in [9.17, 15) is 14.0 Å². The van der Waals surface area contributed by atoms with Crippen molar-refractivity contribution in [1.82, 2.24) is 15.2 Å². The summed E-state index contributed by atoms with van der Waals surface area (Å²) in [6.07, 6.45) is 1.17. The second kappa shape index (κ2) is 5.25. The van der Waals surface area contributed by atoms with Crippen LogP contribution < -0.4 is 10.6 Å². The molecule has 0 unspecified atom stereocenters. The minimum atomic E-state index is -0.628. The molecule has 19 heavy (non-hydrogen) atoms. The first kappa shape index (κ1) is 12.7. The number of nitrogens with one attached hydrogen (secondary N) is 3. The normalized spacial score (nSPS) is 10.0. The van der Waals surface area contributed by atoms with Crippen molar-refractivity contribution in [2.75, 3.05) is 10.6 Å². The van der Waals surface area contributed by atoms with E-state index in [0.29, 0.717) is 5.69 Å². The van der Waals surface area contributed by atoms with Gasteiger partial charge in [-0.3, -0.25) is 14.7 Å². The molecule has 2 amide bonds. The minimum absolute atomic E-state index is 0.0377. The molecule has 0 saturated heterocycles. The third kappa shape index (κ3) is 3.12. The zero-order chi connectivity index (χ0) is 13.8. The van der Waals surface area contributed by atoms with Crippen LogP contribution in [0.15, 0.2) is 24.5 Å². The van der Waals surface area contributed by atoms with Crippen LogP contribution in [0, 0.1) is 5.82 Å². The van der Waals surface area contributed by atoms with Crippen LogP contribution in [0.5, 0.6) is 0 Å². The fraction of sp³-hybridized carbons (Fsp3) is 0.0909. The van der Waals surface area contributed by atoms with E-state index in [2.05, 4.69) is 25.8 Å². The van der Waals surface area contributed by atoms with Crippen molar-refractivity contribution in [2.24, 2.45) is 0 Å². The Morgan fingerprint density at radius 3 is 2.74 bits per heavy atom. The highest BCUT2D eigenvalue weighted by Crippen LogP contribution is 2.20. The lowest BCUT2D eigenvalue weighted by atomic mass is 10.2. The molecule has 0 radical (unpaired) electrons. The Hall–Kier alpha value is -2.77. The quantitative estimate of drug-likeness (QED) is 0.773. The number of anilines is 2. The first-order chi connectivity index (χ1) is 9.06. The lowest BCUT2D eigenvalue weighted by Crippen LogP contribution is -2.15. The summed E-state index contributed by atoms with van der Waals surface area (Å²) >= 11 is 0. The number of carbonyl (C=O) groups excluding carboxylic acids is 2. The Labute approximate surface area is 107 Å². The van der Waals surface area contributed by atoms with Gasteiger partial charge in [-0.2, -0.15) is 5.10 Å². The van der Waals surface area contributed by atoms with Gasteiger partial charge in [-0.15, -0.1) is 0 Å². The van der Waals surface area contributed by atoms with E-state index in [1.54, 1.807) is 0 Å². The number of halogens is 1. The van der Waals surface area contributed by atoms with Crippen molar-refractivity contribution in [2.45, 2.75) is 6.92 Å². The van der Waals surface area contributed by atoms with Crippen LogP contribution in [0.3, 0.4) is 0 Å². The Morgan fingerprint density at radius 2 is 2.11 bits per heavy atom. The summed E-state index contributed by atoms with van der Waals surface area (Å²) in [4.78, 5) is 26.2. The SMILES string of the molecule is CC(=O)Nc1ccc(F)c(NC(=O)c2ncn[nH]2)c1. The largest absolute Gasteiger partial charge is 0.326 e. The van der Waals surface area contributed by atoms with Crippen LogP contribution in [-0.2, 0) is 4.79 Å². The van der Waals surface area contributed by atoms with Crippen molar-refractivity contribution in [1.29, 1.82) is 0 Å². The maximum Gasteiger partial charge on any atom is 0.293 e. The summed E-state index contributed by atoms with van der Waals surface area (Å²) in [6.45, 7) is 1.33. The van der Waals surface area contributed by atoms with Gasteiger partial charge in [0.2, 0.25) is 11.7 Å². The van der Waals surface area contributed by atoms with Gasteiger partial charge in [0.1, 0.15) is 12.1 Å². The first-order valence-corrected chi connectivity index (χ1v) is 5.30. The van der Waals surface area contributed by atoms with Crippen molar-refractivity contribution in [3.8, 4) is 0 Å². The van der Waals surface area contributed by atoms with Crippen LogP contribution in [0.25, 0.3) is 0 Å². The Kier molecular flexibility index (Phi) is 3.51. The molecule has 0 aliphatic carbocycles. The second-order valence-corrected chi connectivity index (χ2v) is 3.66. The molecule has 2 aromatic rings. The van der Waals surface area contributed by atoms with E-state index < -0.39 is 11.7 Å². The molecule has 0 bridgehead atoms. The molecule has 0 aliphatic heterocycles. The predicted octanol–water partition coefficient (Wildman–Crippen LogP) is 1.15. The highest BCUT2D eigenvalue weighted by atomic mass is 19.1. The van der Waals surface area contributed by atoms with Crippen LogP contribution >= 0.6 is 0 Å². The number of H-pyrrole nitrogens is 1. The maximum atomic E-state index is 13.5. The summed E-state index contributed by atoms with van der Waals surface area (Å²) in [5.41, 5.74) is 0.314. The van der Waals surface area contributed by atoms with Gasteiger partial charge in [0.15, 0.2) is 0 Å². The zero-order valence-corrected chi connectivity index (χ0v) is 9.90. The Bertz CT molecular complexity index is 612. The van der Waals surface area contributed by atoms with Gasteiger partial charge in [0.25, 0.3) is 5.91 Å². The lowest BCUT2D eigenvalue weighted by molar-refractivity contribution is -0.114. The number of hydrogen-bond acceptors (Lipinski definition) is 4. The van der Waals surface area contributed by atoms with Crippen LogP contribution in [0.1, 0.15) is 17.5 Å². The zero-order valence-electron chi connectivity index (χ0n) is 9.90. The number of rotatable bonds is 3. The first-order valence-electron chi connectivity index (χ1n) is 5.30. The summed E-state index contributed by atoms with van der Waals surface area (Å²) in [5.74, 6) is -1.58. The average molecular weight is 263 g/mol. The molecule has 0 fully saturated rings. The molecule has 2 rings (SSSR count). The number of aromatic nitrogens is 3. The number of amides is 2. The molecule has 0 atom stereocenters. The molecule has 1 aromatic heterocycles. The highest BCUT2D eigenvalue weighted by Gasteiger charge is 2.12. The minimum Gasteiger partial charge on any atom is -0.326 e. The molecule has 3 N–H and O–H groups in total. The van der Waals surface area contributed by atoms with Gasteiger partial charge in [-0.1, -0.05) is 0 Å². The van der Waals surface area contributed by atoms with Crippen molar-refractivity contribution < 1.29 is 14.0 Å². The Morgan fingerprint density at radius 1 is 1.32 bits per heavy atom. The Balaban J connectivity index is 2.19. The second-order valence-electron chi connectivity index (χ2n) is 3.66. The van der Waals surface area contributed by atoms with Crippen LogP contribution in [0.2, 0.25) is 0 Å². The molecule has 0 aliphatic rings. The molecule has 98 valence electrons. The monoisotopic (exact) mass is 263 g/mol. The van der Waals surface area contributed by atoms with Gasteiger partial charge in [-0.25, -0.2) is 9.37 Å². The molecule has 1 heterocycles. The number of hydrogen-bond donors (Lipinski definition) is 3. The molecule has 1 aromatic carbocycles. The van der Waals surface area contributed by atoms with E-state index >= 15 is 0 Å². The van der Waals surface area contributed by atoms with E-state index in [1.807, 2.05) is 0 Å². The fourth-order valence-electron chi connectivity index (χ4n) is 1.40. The van der Waals surface area contributed by atoms with Crippen molar-refractivity contribution in [3.63, 3.8) is 0 Å². The molecule has 7 nitrogen and oxygen atoms in total. The van der Waals surface area contributed by atoms with Gasteiger partial charge in [0.05, 0.1) is 5.69 Å². The molecule has 0 saturated carbocycles. The lowest BCUT2D eigenvalue weighted by Gasteiger charge is -2.07. The van der Waals surface area contributed by atoms with E-state index in [1.165, 1.54) is 25.4 Å². The molecule has 0 spiro atoms. The number of carbonyl (C=O) groups is 2.